The Morgan fingerprint density at radius 1 is 1.40 bits per heavy atom. The molecule has 0 spiro atoms. The molecule has 1 heteroatoms. The molecule has 1 nitrogen and oxygen atoms in total. The van der Waals surface area contributed by atoms with Crippen molar-refractivity contribution in [3.8, 4) is 5.75 Å². The van der Waals surface area contributed by atoms with E-state index in [0.29, 0.717) is 6.42 Å². The second-order valence-corrected chi connectivity index (χ2v) is 2.10. The molecule has 0 heterocycles. The van der Waals surface area contributed by atoms with Crippen LogP contribution in [0.1, 0.15) is 5.56 Å². The van der Waals surface area contributed by atoms with Gasteiger partial charge in [-0.2, -0.15) is 0 Å². The third-order valence-electron chi connectivity index (χ3n) is 1.34. The molecule has 0 fully saturated rings. The fourth-order valence-corrected chi connectivity index (χ4v) is 0.828. The van der Waals surface area contributed by atoms with Gasteiger partial charge < -0.3 is 0 Å². The van der Waals surface area contributed by atoms with Gasteiger partial charge >= 0.3 is 0 Å². The summed E-state index contributed by atoms with van der Waals surface area (Å²) in [6, 6.07) is 7.00. The Labute approximate surface area is 60.6 Å². The first-order valence-corrected chi connectivity index (χ1v) is 3.20. The van der Waals surface area contributed by atoms with E-state index in [9.17, 15) is 5.11 Å². The van der Waals surface area contributed by atoms with E-state index in [1.54, 1.807) is 18.2 Å². The number of hydrogen-bond acceptors (Lipinski definition) is 0. The molecule has 0 N–H and O–H groups in total. The normalized spacial score (nSPS) is 9.20. The van der Waals surface area contributed by atoms with Crippen molar-refractivity contribution in [3.05, 3.63) is 42.5 Å². The van der Waals surface area contributed by atoms with Crippen LogP contribution in [0.3, 0.4) is 0 Å². The van der Waals surface area contributed by atoms with Crippen molar-refractivity contribution in [1.82, 2.24) is 0 Å². The fraction of sp³-hybridized carbons (Fsp3) is 0.111. The summed E-state index contributed by atoms with van der Waals surface area (Å²) in [6.07, 6.45) is 2.40. The minimum Gasteiger partial charge on any atom is -0.290 e. The van der Waals surface area contributed by atoms with Gasteiger partial charge in [-0.1, -0.05) is 24.3 Å². The van der Waals surface area contributed by atoms with E-state index in [2.05, 4.69) is 6.58 Å². The molecular formula is C9H9O. The lowest BCUT2D eigenvalue weighted by Gasteiger charge is -1.94. The Hall–Kier alpha value is -1.24. The van der Waals surface area contributed by atoms with Crippen LogP contribution in [0.5, 0.6) is 5.75 Å². The Bertz CT molecular complexity index is 228. The zero-order valence-electron chi connectivity index (χ0n) is 5.71. The first-order chi connectivity index (χ1) is 4.84. The molecule has 0 saturated heterocycles. The molecule has 1 aromatic rings. The largest absolute Gasteiger partial charge is 0.290 e. The van der Waals surface area contributed by atoms with Crippen molar-refractivity contribution in [3.63, 3.8) is 0 Å². The van der Waals surface area contributed by atoms with E-state index in [1.165, 1.54) is 0 Å². The predicted molar refractivity (Wildman–Crippen MR) is 40.5 cm³/mol. The van der Waals surface area contributed by atoms with E-state index in [1.807, 2.05) is 12.1 Å². The zero-order chi connectivity index (χ0) is 7.40. The summed E-state index contributed by atoms with van der Waals surface area (Å²) < 4.78 is 0. The van der Waals surface area contributed by atoms with Crippen LogP contribution < -0.4 is 0 Å². The lowest BCUT2D eigenvalue weighted by atomic mass is 10.1. The molecule has 1 aromatic carbocycles. The lowest BCUT2D eigenvalue weighted by molar-refractivity contribution is 0.351. The molecule has 0 aliphatic carbocycles. The van der Waals surface area contributed by atoms with E-state index in [4.69, 9.17) is 0 Å². The highest BCUT2D eigenvalue weighted by atomic mass is 16.3. The summed E-state index contributed by atoms with van der Waals surface area (Å²) in [5.74, 6) is 0.0994. The Balaban J connectivity index is 2.91. The SMILES string of the molecule is C=CCc1ccccc1[O]. The summed E-state index contributed by atoms with van der Waals surface area (Å²) >= 11 is 0. The van der Waals surface area contributed by atoms with Crippen LogP contribution in [0.4, 0.5) is 0 Å². The molecule has 0 bridgehead atoms. The van der Waals surface area contributed by atoms with Gasteiger partial charge in [0.1, 0.15) is 0 Å². The molecule has 1 rings (SSSR count). The highest BCUT2D eigenvalue weighted by Crippen LogP contribution is 2.16. The van der Waals surface area contributed by atoms with Gasteiger partial charge in [0.25, 0.3) is 0 Å². The molecule has 0 amide bonds. The molecule has 0 saturated carbocycles. The molecular weight excluding hydrogens is 124 g/mol. The van der Waals surface area contributed by atoms with Crippen LogP contribution in [0.2, 0.25) is 0 Å². The highest BCUT2D eigenvalue weighted by Gasteiger charge is 1.96. The molecule has 10 heavy (non-hydrogen) atoms. The predicted octanol–water partition coefficient (Wildman–Crippen LogP) is 2.56. The van der Waals surface area contributed by atoms with Crippen molar-refractivity contribution >= 4 is 0 Å². The van der Waals surface area contributed by atoms with E-state index >= 15 is 0 Å². The molecule has 0 aromatic heterocycles. The second-order valence-electron chi connectivity index (χ2n) is 2.10. The van der Waals surface area contributed by atoms with Gasteiger partial charge in [0.05, 0.1) is 0 Å². The van der Waals surface area contributed by atoms with Crippen LogP contribution in [0, 0.1) is 0 Å². The quantitative estimate of drug-likeness (QED) is 0.552. The number of para-hydroxylation sites is 1. The molecule has 1 radical (unpaired) electrons. The summed E-state index contributed by atoms with van der Waals surface area (Å²) in [5, 5.41) is 11.0. The lowest BCUT2D eigenvalue weighted by Crippen LogP contribution is -1.78. The third kappa shape index (κ3) is 1.38. The second kappa shape index (κ2) is 3.06. The van der Waals surface area contributed by atoms with Gasteiger partial charge in [-0.15, -0.1) is 6.58 Å². The summed E-state index contributed by atoms with van der Waals surface area (Å²) in [5.41, 5.74) is 0.817. The van der Waals surface area contributed by atoms with Gasteiger partial charge in [0, 0.05) is 5.56 Å². The van der Waals surface area contributed by atoms with Crippen molar-refractivity contribution in [1.29, 1.82) is 0 Å². The molecule has 0 atom stereocenters. The molecule has 0 aliphatic heterocycles. The average Bonchev–Trinajstić information content (AvgIpc) is 1.94. The van der Waals surface area contributed by atoms with Crippen molar-refractivity contribution in [2.75, 3.05) is 0 Å². The number of benzene rings is 1. The van der Waals surface area contributed by atoms with Crippen LogP contribution in [0.15, 0.2) is 36.9 Å². The number of allylic oxidation sites excluding steroid dienone is 1. The van der Waals surface area contributed by atoms with Crippen LogP contribution in [0.25, 0.3) is 0 Å². The monoisotopic (exact) mass is 133 g/mol. The summed E-state index contributed by atoms with van der Waals surface area (Å²) in [6.45, 7) is 3.56. The zero-order valence-corrected chi connectivity index (χ0v) is 5.71. The van der Waals surface area contributed by atoms with E-state index in [-0.39, 0.29) is 5.75 Å². The topological polar surface area (TPSA) is 19.9 Å². The number of rotatable bonds is 2. The summed E-state index contributed by atoms with van der Waals surface area (Å²) in [7, 11) is 0. The van der Waals surface area contributed by atoms with Crippen LogP contribution in [-0.4, -0.2) is 0 Å². The number of hydrogen-bond donors (Lipinski definition) is 0. The maximum atomic E-state index is 11.0. The Morgan fingerprint density at radius 3 is 2.70 bits per heavy atom. The van der Waals surface area contributed by atoms with Gasteiger partial charge in [-0.25, -0.2) is 0 Å². The average molecular weight is 133 g/mol. The van der Waals surface area contributed by atoms with Gasteiger partial charge in [0.15, 0.2) is 5.75 Å². The smallest absolute Gasteiger partial charge is 0.182 e. The van der Waals surface area contributed by atoms with Crippen molar-refractivity contribution in [2.45, 2.75) is 6.42 Å². The van der Waals surface area contributed by atoms with Gasteiger partial charge in [0.2, 0.25) is 0 Å². The highest BCUT2D eigenvalue weighted by molar-refractivity contribution is 5.32. The van der Waals surface area contributed by atoms with Gasteiger partial charge in [-0.3, -0.25) is 5.11 Å². The minimum absolute atomic E-state index is 0.0994. The van der Waals surface area contributed by atoms with Crippen LogP contribution >= 0.6 is 0 Å². The molecule has 0 unspecified atom stereocenters. The Kier molecular flexibility index (Phi) is 2.11. The van der Waals surface area contributed by atoms with Crippen LogP contribution in [-0.2, 0) is 11.5 Å². The van der Waals surface area contributed by atoms with E-state index in [0.717, 1.165) is 5.56 Å². The van der Waals surface area contributed by atoms with Gasteiger partial charge in [-0.05, 0) is 12.5 Å². The standard InChI is InChI=1S/C9H9O/c1-2-5-8-6-3-4-7-9(8)10/h2-4,6-7H,1,5H2. The summed E-state index contributed by atoms with van der Waals surface area (Å²) in [4.78, 5) is 0. The molecule has 0 aliphatic rings. The van der Waals surface area contributed by atoms with Crippen molar-refractivity contribution < 1.29 is 5.11 Å². The minimum atomic E-state index is 0.0994. The fourth-order valence-electron chi connectivity index (χ4n) is 0.828. The Morgan fingerprint density at radius 2 is 2.10 bits per heavy atom. The maximum absolute atomic E-state index is 11.0. The first kappa shape index (κ1) is 6.87. The van der Waals surface area contributed by atoms with E-state index < -0.39 is 0 Å². The first-order valence-electron chi connectivity index (χ1n) is 3.20. The maximum Gasteiger partial charge on any atom is 0.182 e. The molecule has 51 valence electrons. The van der Waals surface area contributed by atoms with Crippen molar-refractivity contribution in [2.24, 2.45) is 0 Å². The third-order valence-corrected chi connectivity index (χ3v) is 1.34.